The Kier molecular flexibility index (Phi) is 3.34. The van der Waals surface area contributed by atoms with Crippen molar-refractivity contribution in [3.8, 4) is 0 Å². The lowest BCUT2D eigenvalue weighted by Gasteiger charge is -2.36. The number of anilines is 1. The van der Waals surface area contributed by atoms with E-state index in [9.17, 15) is 13.2 Å². The second-order valence-electron chi connectivity index (χ2n) is 6.92. The molecule has 26 heavy (non-hydrogen) atoms. The van der Waals surface area contributed by atoms with E-state index in [-0.39, 0.29) is 18.2 Å². The lowest BCUT2D eigenvalue weighted by atomic mass is 9.86. The second kappa shape index (κ2) is 5.51. The Morgan fingerprint density at radius 2 is 1.85 bits per heavy atom. The molecule has 0 spiro atoms. The van der Waals surface area contributed by atoms with Crippen LogP contribution in [-0.4, -0.2) is 11.2 Å². The van der Waals surface area contributed by atoms with E-state index < -0.39 is 11.7 Å². The smallest absolute Gasteiger partial charge is 0.378 e. The van der Waals surface area contributed by atoms with Crippen LogP contribution in [0.2, 0.25) is 0 Å². The highest BCUT2D eigenvalue weighted by molar-refractivity contribution is 5.85. The monoisotopic (exact) mass is 358 g/mol. The van der Waals surface area contributed by atoms with Crippen molar-refractivity contribution in [1.29, 1.82) is 0 Å². The number of nitrogens with one attached hydrogen (secondary N) is 1. The number of nitrogens with zero attached hydrogens (tertiary/aromatic N) is 1. The molecule has 3 aromatic rings. The standard InChI is InChI=1S/C20H17F3N2O/c21-20(22,23)13-4-6-14(7-5-13)24-17-15-3-1-2-12-8-10-25(18(12)15)19-16(17)9-11-26-19/h1-8,10,16-17,19,24H,9,11H2/t16-,17-,19-/m0/s1. The minimum Gasteiger partial charge on any atom is -0.378 e. The zero-order valence-corrected chi connectivity index (χ0v) is 13.8. The van der Waals surface area contributed by atoms with Crippen molar-refractivity contribution in [3.05, 3.63) is 65.9 Å². The van der Waals surface area contributed by atoms with E-state index in [1.165, 1.54) is 17.7 Å². The first-order chi connectivity index (χ1) is 12.5. The summed E-state index contributed by atoms with van der Waals surface area (Å²) >= 11 is 0. The van der Waals surface area contributed by atoms with Gasteiger partial charge >= 0.3 is 6.18 Å². The van der Waals surface area contributed by atoms with Crippen molar-refractivity contribution in [2.24, 2.45) is 5.92 Å². The fraction of sp³-hybridized carbons (Fsp3) is 0.300. The lowest BCUT2D eigenvalue weighted by molar-refractivity contribution is -0.137. The Morgan fingerprint density at radius 1 is 1.04 bits per heavy atom. The van der Waals surface area contributed by atoms with Gasteiger partial charge in [-0.2, -0.15) is 13.2 Å². The molecule has 1 saturated heterocycles. The van der Waals surface area contributed by atoms with Gasteiger partial charge in [-0.05, 0) is 42.3 Å². The number of rotatable bonds is 2. The van der Waals surface area contributed by atoms with Gasteiger partial charge in [0, 0.05) is 29.8 Å². The van der Waals surface area contributed by atoms with E-state index in [0.29, 0.717) is 12.3 Å². The molecule has 2 aliphatic heterocycles. The molecular weight excluding hydrogens is 341 g/mol. The van der Waals surface area contributed by atoms with Crippen LogP contribution in [0.3, 0.4) is 0 Å². The molecule has 6 heteroatoms. The van der Waals surface area contributed by atoms with Gasteiger partial charge < -0.3 is 14.6 Å². The molecule has 0 aliphatic carbocycles. The van der Waals surface area contributed by atoms with Gasteiger partial charge in [-0.3, -0.25) is 0 Å². The number of halogens is 3. The van der Waals surface area contributed by atoms with Gasteiger partial charge in [0.15, 0.2) is 0 Å². The summed E-state index contributed by atoms with van der Waals surface area (Å²) in [5, 5.41) is 4.61. The Balaban J connectivity index is 1.54. The van der Waals surface area contributed by atoms with E-state index in [0.717, 1.165) is 29.5 Å². The first-order valence-corrected chi connectivity index (χ1v) is 8.67. The maximum Gasteiger partial charge on any atom is 0.416 e. The predicted molar refractivity (Wildman–Crippen MR) is 92.8 cm³/mol. The SMILES string of the molecule is FC(F)(F)c1ccc(N[C@H]2c3cccc4ccn(c34)[C@H]3OCC[C@@H]23)cc1. The summed E-state index contributed by atoms with van der Waals surface area (Å²) in [7, 11) is 0. The quantitative estimate of drug-likeness (QED) is 0.667. The third kappa shape index (κ3) is 2.32. The maximum absolute atomic E-state index is 12.8. The number of benzene rings is 2. The number of alkyl halides is 3. The molecule has 5 rings (SSSR count). The maximum atomic E-state index is 12.8. The number of hydrogen-bond acceptors (Lipinski definition) is 2. The molecule has 134 valence electrons. The topological polar surface area (TPSA) is 26.2 Å². The van der Waals surface area contributed by atoms with Crippen LogP contribution < -0.4 is 5.32 Å². The van der Waals surface area contributed by atoms with Crippen LogP contribution in [0.25, 0.3) is 10.9 Å². The van der Waals surface area contributed by atoms with Gasteiger partial charge in [-0.25, -0.2) is 0 Å². The zero-order valence-electron chi connectivity index (χ0n) is 13.8. The molecule has 2 aromatic carbocycles. The van der Waals surface area contributed by atoms with Crippen LogP contribution >= 0.6 is 0 Å². The van der Waals surface area contributed by atoms with E-state index in [4.69, 9.17) is 4.74 Å². The molecule has 0 unspecified atom stereocenters. The molecule has 0 bridgehead atoms. The third-order valence-electron chi connectivity index (χ3n) is 5.45. The minimum absolute atomic E-state index is 0.00494. The molecule has 2 aliphatic rings. The molecule has 1 fully saturated rings. The van der Waals surface area contributed by atoms with Crippen molar-refractivity contribution < 1.29 is 17.9 Å². The summed E-state index contributed by atoms with van der Waals surface area (Å²) in [6.45, 7) is 0.689. The third-order valence-corrected chi connectivity index (χ3v) is 5.45. The summed E-state index contributed by atoms with van der Waals surface area (Å²) in [6, 6.07) is 13.5. The Bertz CT molecular complexity index is 961. The predicted octanol–water partition coefficient (Wildman–Crippen LogP) is 5.36. The van der Waals surface area contributed by atoms with E-state index in [1.807, 2.05) is 6.07 Å². The Morgan fingerprint density at radius 3 is 2.62 bits per heavy atom. The first-order valence-electron chi connectivity index (χ1n) is 8.67. The van der Waals surface area contributed by atoms with Crippen molar-refractivity contribution in [3.63, 3.8) is 0 Å². The largest absolute Gasteiger partial charge is 0.416 e. The van der Waals surface area contributed by atoms with Crippen molar-refractivity contribution in [1.82, 2.24) is 4.57 Å². The molecule has 0 amide bonds. The summed E-state index contributed by atoms with van der Waals surface area (Å²) in [5.41, 5.74) is 2.36. The molecular formula is C20H17F3N2O. The van der Waals surface area contributed by atoms with Crippen LogP contribution in [-0.2, 0) is 10.9 Å². The average molecular weight is 358 g/mol. The van der Waals surface area contributed by atoms with Crippen LogP contribution in [0.4, 0.5) is 18.9 Å². The second-order valence-corrected chi connectivity index (χ2v) is 6.92. The van der Waals surface area contributed by atoms with Crippen LogP contribution in [0.1, 0.15) is 29.8 Å². The van der Waals surface area contributed by atoms with Gasteiger partial charge in [0.25, 0.3) is 0 Å². The van der Waals surface area contributed by atoms with E-state index in [1.54, 1.807) is 0 Å². The summed E-state index contributed by atoms with van der Waals surface area (Å²) < 4.78 is 46.5. The van der Waals surface area contributed by atoms with Crippen LogP contribution in [0.5, 0.6) is 0 Å². The summed E-state index contributed by atoms with van der Waals surface area (Å²) in [5.74, 6) is 0.239. The number of para-hydroxylation sites is 1. The summed E-state index contributed by atoms with van der Waals surface area (Å²) in [6.07, 6.45) is -1.38. The molecule has 0 radical (unpaired) electrons. The van der Waals surface area contributed by atoms with Crippen LogP contribution in [0, 0.1) is 5.92 Å². The van der Waals surface area contributed by atoms with Crippen molar-refractivity contribution in [2.45, 2.75) is 24.9 Å². The highest BCUT2D eigenvalue weighted by Crippen LogP contribution is 2.48. The normalized spacial score (nSPS) is 24.7. The highest BCUT2D eigenvalue weighted by Gasteiger charge is 2.41. The molecule has 3 heterocycles. The van der Waals surface area contributed by atoms with Gasteiger partial charge in [0.2, 0.25) is 0 Å². The first kappa shape index (κ1) is 15.8. The van der Waals surface area contributed by atoms with Crippen molar-refractivity contribution in [2.75, 3.05) is 11.9 Å². The Labute approximate surface area is 148 Å². The Hall–Kier alpha value is -2.47. The summed E-state index contributed by atoms with van der Waals surface area (Å²) in [4.78, 5) is 0. The fourth-order valence-corrected chi connectivity index (χ4v) is 4.27. The van der Waals surface area contributed by atoms with Crippen LogP contribution in [0.15, 0.2) is 54.7 Å². The van der Waals surface area contributed by atoms with E-state index >= 15 is 0 Å². The lowest BCUT2D eigenvalue weighted by Crippen LogP contribution is -2.30. The van der Waals surface area contributed by atoms with Crippen molar-refractivity contribution >= 4 is 16.6 Å². The molecule has 3 atom stereocenters. The van der Waals surface area contributed by atoms with E-state index in [2.05, 4.69) is 34.3 Å². The van der Waals surface area contributed by atoms with Gasteiger partial charge in [-0.1, -0.05) is 18.2 Å². The zero-order chi connectivity index (χ0) is 17.9. The molecule has 3 nitrogen and oxygen atoms in total. The molecule has 1 N–H and O–H groups in total. The highest BCUT2D eigenvalue weighted by atomic mass is 19.4. The number of fused-ring (bicyclic) bond motifs is 2. The average Bonchev–Trinajstić information content (AvgIpc) is 3.26. The minimum atomic E-state index is -4.32. The fourth-order valence-electron chi connectivity index (χ4n) is 4.27. The number of ether oxygens (including phenoxy) is 1. The molecule has 0 saturated carbocycles. The van der Waals surface area contributed by atoms with Gasteiger partial charge in [-0.15, -0.1) is 0 Å². The number of hydrogen-bond donors (Lipinski definition) is 1. The number of aromatic nitrogens is 1. The van der Waals surface area contributed by atoms with Gasteiger partial charge in [0.05, 0.1) is 17.1 Å². The molecule has 1 aromatic heterocycles. The van der Waals surface area contributed by atoms with Gasteiger partial charge in [0.1, 0.15) is 6.23 Å².